The monoisotopic (exact) mass is 199 g/mol. The third kappa shape index (κ3) is 2.10. The summed E-state index contributed by atoms with van der Waals surface area (Å²) in [6.45, 7) is 1.36. The third-order valence-corrected chi connectivity index (χ3v) is 2.60. The van der Waals surface area contributed by atoms with E-state index in [-0.39, 0.29) is 17.9 Å². The van der Waals surface area contributed by atoms with E-state index in [1.54, 1.807) is 0 Å². The van der Waals surface area contributed by atoms with Crippen molar-refractivity contribution in [3.8, 4) is 0 Å². The zero-order chi connectivity index (χ0) is 10.7. The number of rotatable bonds is 4. The lowest BCUT2D eigenvalue weighted by Crippen LogP contribution is -2.39. The molecule has 1 atom stereocenters. The van der Waals surface area contributed by atoms with E-state index in [1.165, 1.54) is 11.9 Å². The summed E-state index contributed by atoms with van der Waals surface area (Å²) >= 11 is 0. The van der Waals surface area contributed by atoms with Crippen molar-refractivity contribution in [2.24, 2.45) is 5.73 Å². The third-order valence-electron chi connectivity index (χ3n) is 2.60. The molecule has 0 spiro atoms. The summed E-state index contributed by atoms with van der Waals surface area (Å²) in [5.74, 6) is -0.200. The van der Waals surface area contributed by atoms with Crippen LogP contribution in [-0.4, -0.2) is 54.8 Å². The van der Waals surface area contributed by atoms with E-state index in [4.69, 9.17) is 5.73 Å². The first kappa shape index (κ1) is 11.1. The van der Waals surface area contributed by atoms with Crippen molar-refractivity contribution in [3.05, 3.63) is 0 Å². The molecule has 0 aromatic carbocycles. The minimum absolute atomic E-state index is 0.0976. The molecule has 1 heterocycles. The maximum atomic E-state index is 11.6. The maximum Gasteiger partial charge on any atom is 0.246 e. The summed E-state index contributed by atoms with van der Waals surface area (Å²) in [5.41, 5.74) is 5.38. The molecule has 1 fully saturated rings. The van der Waals surface area contributed by atoms with Gasteiger partial charge >= 0.3 is 0 Å². The van der Waals surface area contributed by atoms with Crippen LogP contribution in [0.1, 0.15) is 12.8 Å². The summed E-state index contributed by atoms with van der Waals surface area (Å²) in [4.78, 5) is 25.9. The average molecular weight is 199 g/mol. The first-order valence-corrected chi connectivity index (χ1v) is 4.78. The number of nitrogens with zero attached hydrogens (tertiary/aromatic N) is 2. The molecule has 2 N–H and O–H groups in total. The predicted octanol–water partition coefficient (Wildman–Crippen LogP) is -0.976. The quantitative estimate of drug-likeness (QED) is 0.591. The first-order chi connectivity index (χ1) is 6.57. The Morgan fingerprint density at radius 1 is 1.57 bits per heavy atom. The van der Waals surface area contributed by atoms with Crippen LogP contribution >= 0.6 is 0 Å². The van der Waals surface area contributed by atoms with Crippen molar-refractivity contribution in [3.63, 3.8) is 0 Å². The Balaban J connectivity index is 2.53. The van der Waals surface area contributed by atoms with Gasteiger partial charge in [-0.3, -0.25) is 19.4 Å². The summed E-state index contributed by atoms with van der Waals surface area (Å²) in [5, 5.41) is 0. The molecule has 80 valence electrons. The Kier molecular flexibility index (Phi) is 3.60. The molecule has 1 aliphatic heterocycles. The minimum atomic E-state index is -0.279. The molecule has 0 radical (unpaired) electrons. The van der Waals surface area contributed by atoms with Crippen LogP contribution in [0.2, 0.25) is 0 Å². The number of amides is 2. The Bertz CT molecular complexity index is 242. The first-order valence-electron chi connectivity index (χ1n) is 4.78. The van der Waals surface area contributed by atoms with E-state index in [9.17, 15) is 9.59 Å². The molecule has 0 aromatic rings. The van der Waals surface area contributed by atoms with Gasteiger partial charge in [-0.05, 0) is 26.6 Å². The predicted molar refractivity (Wildman–Crippen MR) is 52.5 cm³/mol. The van der Waals surface area contributed by atoms with Crippen LogP contribution in [0.25, 0.3) is 0 Å². The molecular formula is C9H17N3O2. The highest BCUT2D eigenvalue weighted by molar-refractivity contribution is 6.05. The zero-order valence-corrected chi connectivity index (χ0v) is 8.69. The van der Waals surface area contributed by atoms with Crippen molar-refractivity contribution >= 4 is 11.8 Å². The van der Waals surface area contributed by atoms with Gasteiger partial charge in [-0.25, -0.2) is 0 Å². The van der Waals surface area contributed by atoms with E-state index < -0.39 is 0 Å². The number of likely N-dealkylation sites (tertiary alicyclic amines) is 1. The van der Waals surface area contributed by atoms with Crippen LogP contribution in [0.4, 0.5) is 0 Å². The molecule has 1 aliphatic rings. The van der Waals surface area contributed by atoms with Crippen molar-refractivity contribution in [2.45, 2.75) is 18.9 Å². The topological polar surface area (TPSA) is 66.6 Å². The molecular weight excluding hydrogens is 182 g/mol. The molecule has 1 rings (SSSR count). The highest BCUT2D eigenvalue weighted by atomic mass is 16.2. The van der Waals surface area contributed by atoms with Gasteiger partial charge in [-0.1, -0.05) is 0 Å². The van der Waals surface area contributed by atoms with Gasteiger partial charge in [0.1, 0.15) is 0 Å². The van der Waals surface area contributed by atoms with E-state index in [0.29, 0.717) is 13.0 Å². The van der Waals surface area contributed by atoms with Gasteiger partial charge < -0.3 is 5.73 Å². The molecule has 0 saturated carbocycles. The second-order valence-corrected chi connectivity index (χ2v) is 3.63. The molecule has 1 saturated heterocycles. The zero-order valence-electron chi connectivity index (χ0n) is 8.69. The molecule has 1 unspecified atom stereocenters. The van der Waals surface area contributed by atoms with Gasteiger partial charge in [0.25, 0.3) is 0 Å². The van der Waals surface area contributed by atoms with Gasteiger partial charge in [0.2, 0.25) is 11.8 Å². The van der Waals surface area contributed by atoms with Crippen LogP contribution in [0.15, 0.2) is 0 Å². The minimum Gasteiger partial charge on any atom is -0.330 e. The van der Waals surface area contributed by atoms with Crippen LogP contribution in [0.5, 0.6) is 0 Å². The Hall–Kier alpha value is -0.940. The largest absolute Gasteiger partial charge is 0.330 e. The number of carbonyl (C=O) groups is 2. The van der Waals surface area contributed by atoms with Crippen LogP contribution < -0.4 is 5.73 Å². The maximum absolute atomic E-state index is 11.6. The second-order valence-electron chi connectivity index (χ2n) is 3.63. The fourth-order valence-electron chi connectivity index (χ4n) is 1.58. The van der Waals surface area contributed by atoms with E-state index >= 15 is 0 Å². The Morgan fingerprint density at radius 2 is 2.21 bits per heavy atom. The van der Waals surface area contributed by atoms with Gasteiger partial charge in [0.05, 0.1) is 12.5 Å². The Labute approximate surface area is 83.8 Å². The number of hydrogen-bond donors (Lipinski definition) is 1. The average Bonchev–Trinajstić information content (AvgIpc) is 2.42. The molecule has 0 aromatic heterocycles. The van der Waals surface area contributed by atoms with Crippen molar-refractivity contribution in [1.29, 1.82) is 0 Å². The van der Waals surface area contributed by atoms with E-state index in [0.717, 1.165) is 13.0 Å². The van der Waals surface area contributed by atoms with Gasteiger partial charge in [0.15, 0.2) is 0 Å². The number of imide groups is 1. The van der Waals surface area contributed by atoms with Crippen molar-refractivity contribution in [1.82, 2.24) is 9.80 Å². The number of hydrogen-bond acceptors (Lipinski definition) is 4. The molecule has 5 nitrogen and oxygen atoms in total. The van der Waals surface area contributed by atoms with Gasteiger partial charge in [0, 0.05) is 7.05 Å². The molecule has 5 heteroatoms. The lowest BCUT2D eigenvalue weighted by atomic mass is 10.2. The van der Waals surface area contributed by atoms with Crippen LogP contribution in [0.3, 0.4) is 0 Å². The smallest absolute Gasteiger partial charge is 0.246 e. The lowest BCUT2D eigenvalue weighted by molar-refractivity contribution is -0.137. The lowest BCUT2D eigenvalue weighted by Gasteiger charge is -2.21. The summed E-state index contributed by atoms with van der Waals surface area (Å²) in [6, 6.07) is -0.279. The van der Waals surface area contributed by atoms with Crippen molar-refractivity contribution < 1.29 is 9.59 Å². The summed E-state index contributed by atoms with van der Waals surface area (Å²) in [6.07, 6.45) is 1.15. The summed E-state index contributed by atoms with van der Waals surface area (Å²) < 4.78 is 0. The van der Waals surface area contributed by atoms with E-state index in [2.05, 4.69) is 0 Å². The van der Waals surface area contributed by atoms with Crippen LogP contribution in [0, 0.1) is 0 Å². The number of likely N-dealkylation sites (N-methyl/N-ethyl adjacent to an activating group) is 2. The highest BCUT2D eigenvalue weighted by Crippen LogP contribution is 2.15. The Morgan fingerprint density at radius 3 is 2.64 bits per heavy atom. The number of carbonyl (C=O) groups excluding carboxylic acids is 2. The molecule has 2 amide bonds. The van der Waals surface area contributed by atoms with Crippen LogP contribution in [-0.2, 0) is 9.59 Å². The molecule has 0 aliphatic carbocycles. The number of nitrogens with two attached hydrogens (primary N) is 1. The standard InChI is InChI=1S/C9H17N3O2/c1-11(5-3-4-10)7-6-8(13)12(2)9(7)14/h7H,3-6,10H2,1-2H3. The fraction of sp³-hybridized carbons (Fsp3) is 0.778. The molecule has 0 bridgehead atoms. The normalized spacial score (nSPS) is 22.6. The van der Waals surface area contributed by atoms with E-state index in [1.807, 2.05) is 11.9 Å². The SMILES string of the molecule is CN1C(=O)CC(N(C)CCCN)C1=O. The highest BCUT2D eigenvalue weighted by Gasteiger charge is 2.38. The fourth-order valence-corrected chi connectivity index (χ4v) is 1.58. The van der Waals surface area contributed by atoms with Gasteiger partial charge in [-0.2, -0.15) is 0 Å². The van der Waals surface area contributed by atoms with Gasteiger partial charge in [-0.15, -0.1) is 0 Å². The second kappa shape index (κ2) is 4.52. The van der Waals surface area contributed by atoms with Crippen molar-refractivity contribution in [2.75, 3.05) is 27.2 Å². The molecule has 14 heavy (non-hydrogen) atoms. The summed E-state index contributed by atoms with van der Waals surface area (Å²) in [7, 11) is 3.38.